The molecule has 1 aliphatic heterocycles. The lowest BCUT2D eigenvalue weighted by molar-refractivity contribution is -0.175. The first-order valence-corrected chi connectivity index (χ1v) is 15.4. The van der Waals surface area contributed by atoms with Gasteiger partial charge in [-0.05, 0) is 50.8 Å². The van der Waals surface area contributed by atoms with Crippen LogP contribution in [-0.2, 0) is 25.1 Å². The third-order valence-corrected chi connectivity index (χ3v) is 8.97. The molecular weight excluding hydrogens is 621 g/mol. The number of carbonyl (C=O) groups excluding carboxylic acids is 2. The van der Waals surface area contributed by atoms with Crippen molar-refractivity contribution in [1.82, 2.24) is 15.5 Å². The first kappa shape index (κ1) is 37.4. The smallest absolute Gasteiger partial charge is 0.410 e. The Hall–Kier alpha value is -2.76. The van der Waals surface area contributed by atoms with E-state index in [1.165, 1.54) is 21.0 Å². The van der Waals surface area contributed by atoms with Gasteiger partial charge in [0.2, 0.25) is 0 Å². The van der Waals surface area contributed by atoms with Crippen LogP contribution in [0.25, 0.3) is 0 Å². The fraction of sp³-hybridized carbons (Fsp3) is 0.704. The van der Waals surface area contributed by atoms with Gasteiger partial charge in [0.05, 0.1) is 24.2 Å². The SMILES string of the molecule is COc1ccc(CS(=O)(=O)[C@@H]2C[C@@H](C(O)N[C@@H](C(C)C)[C@@H](O)C(F)(F)C(=O)NCC(F)(F)F)N(C(=O)OC(C)(C)C)C2)cc1. The lowest BCUT2D eigenvalue weighted by Crippen LogP contribution is -2.62. The van der Waals surface area contributed by atoms with Crippen molar-refractivity contribution in [3.05, 3.63) is 29.8 Å². The molecule has 11 nitrogen and oxygen atoms in total. The Labute approximate surface area is 253 Å². The van der Waals surface area contributed by atoms with Gasteiger partial charge < -0.3 is 25.0 Å². The normalized spacial score (nSPS) is 20.3. The van der Waals surface area contributed by atoms with Crippen LogP contribution in [0.5, 0.6) is 5.75 Å². The average molecular weight is 662 g/mol. The number of nitrogens with zero attached hydrogens (tertiary/aromatic N) is 1. The van der Waals surface area contributed by atoms with Crippen molar-refractivity contribution in [2.45, 2.75) is 94.2 Å². The highest BCUT2D eigenvalue weighted by Crippen LogP contribution is 2.31. The van der Waals surface area contributed by atoms with E-state index in [1.54, 1.807) is 45.0 Å². The van der Waals surface area contributed by atoms with Gasteiger partial charge in [-0.2, -0.15) is 22.0 Å². The molecule has 1 aromatic rings. The number of carbonyl (C=O) groups is 2. The summed E-state index contributed by atoms with van der Waals surface area (Å²) in [7, 11) is -2.52. The summed E-state index contributed by atoms with van der Waals surface area (Å²) >= 11 is 0. The summed E-state index contributed by atoms with van der Waals surface area (Å²) < 4.78 is 104. The van der Waals surface area contributed by atoms with Crippen LogP contribution in [-0.4, -0.2) is 103 Å². The van der Waals surface area contributed by atoms with Crippen molar-refractivity contribution in [3.63, 3.8) is 0 Å². The molecule has 2 rings (SSSR count). The molecule has 4 N–H and O–H groups in total. The molecule has 0 aromatic heterocycles. The van der Waals surface area contributed by atoms with Crippen LogP contribution in [0.4, 0.5) is 26.7 Å². The number of halogens is 5. The number of alkyl halides is 5. The number of methoxy groups -OCH3 is 1. The van der Waals surface area contributed by atoms with E-state index < -0.39 is 94.0 Å². The predicted molar refractivity (Wildman–Crippen MR) is 149 cm³/mol. The first-order valence-electron chi connectivity index (χ1n) is 13.7. The van der Waals surface area contributed by atoms with E-state index in [1.807, 2.05) is 0 Å². The molecule has 0 aliphatic carbocycles. The van der Waals surface area contributed by atoms with Crippen LogP contribution in [0, 0.1) is 5.92 Å². The molecule has 0 spiro atoms. The molecule has 2 amide bonds. The van der Waals surface area contributed by atoms with E-state index >= 15 is 0 Å². The fourth-order valence-corrected chi connectivity index (χ4v) is 6.37. The van der Waals surface area contributed by atoms with E-state index in [-0.39, 0.29) is 6.42 Å². The van der Waals surface area contributed by atoms with Gasteiger partial charge in [-0.15, -0.1) is 0 Å². The predicted octanol–water partition coefficient (Wildman–Crippen LogP) is 2.60. The molecule has 0 radical (unpaired) electrons. The van der Waals surface area contributed by atoms with Crippen molar-refractivity contribution in [1.29, 1.82) is 0 Å². The summed E-state index contributed by atoms with van der Waals surface area (Å²) in [4.78, 5) is 25.9. The first-order chi connectivity index (χ1) is 20.0. The van der Waals surface area contributed by atoms with Crippen molar-refractivity contribution >= 4 is 21.8 Å². The van der Waals surface area contributed by atoms with E-state index in [2.05, 4.69) is 5.32 Å². The Morgan fingerprint density at radius 1 is 1.07 bits per heavy atom. The van der Waals surface area contributed by atoms with Crippen LogP contribution >= 0.6 is 0 Å². The summed E-state index contributed by atoms with van der Waals surface area (Å²) in [5.74, 6) is -7.97. The minimum absolute atomic E-state index is 0.352. The third kappa shape index (κ3) is 10.1. The Morgan fingerprint density at radius 3 is 2.11 bits per heavy atom. The molecule has 44 heavy (non-hydrogen) atoms. The zero-order valence-corrected chi connectivity index (χ0v) is 26.0. The lowest BCUT2D eigenvalue weighted by Gasteiger charge is -2.37. The third-order valence-electron chi connectivity index (χ3n) is 6.88. The second-order valence-corrected chi connectivity index (χ2v) is 14.2. The zero-order valence-electron chi connectivity index (χ0n) is 25.2. The highest BCUT2D eigenvalue weighted by atomic mass is 32.2. The number of amides is 2. The second kappa shape index (κ2) is 14.1. The number of benzene rings is 1. The lowest BCUT2D eigenvalue weighted by atomic mass is 9.93. The van der Waals surface area contributed by atoms with Gasteiger partial charge in [-0.3, -0.25) is 15.0 Å². The van der Waals surface area contributed by atoms with Crippen molar-refractivity contribution in [3.8, 4) is 5.75 Å². The van der Waals surface area contributed by atoms with Crippen LogP contribution in [0.15, 0.2) is 24.3 Å². The number of hydrogen-bond donors (Lipinski definition) is 4. The summed E-state index contributed by atoms with van der Waals surface area (Å²) in [5.41, 5.74) is -0.603. The summed E-state index contributed by atoms with van der Waals surface area (Å²) in [5, 5.41) is 23.7. The minimum Gasteiger partial charge on any atom is -0.497 e. The van der Waals surface area contributed by atoms with Gasteiger partial charge in [0.25, 0.3) is 5.91 Å². The minimum atomic E-state index is -4.99. The van der Waals surface area contributed by atoms with E-state index in [0.717, 1.165) is 10.2 Å². The van der Waals surface area contributed by atoms with Crippen LogP contribution in [0.1, 0.15) is 46.6 Å². The maximum Gasteiger partial charge on any atom is 0.410 e. The van der Waals surface area contributed by atoms with E-state index in [9.17, 15) is 50.2 Å². The number of aliphatic hydroxyl groups is 2. The van der Waals surface area contributed by atoms with E-state index in [0.29, 0.717) is 11.3 Å². The highest BCUT2D eigenvalue weighted by molar-refractivity contribution is 7.91. The molecule has 1 heterocycles. The number of nitrogens with one attached hydrogen (secondary N) is 2. The Kier molecular flexibility index (Phi) is 12.0. The van der Waals surface area contributed by atoms with Gasteiger partial charge >= 0.3 is 18.2 Å². The molecule has 1 saturated heterocycles. The molecule has 1 aliphatic rings. The number of hydrogen-bond acceptors (Lipinski definition) is 9. The molecule has 1 aromatic carbocycles. The van der Waals surface area contributed by atoms with Crippen molar-refractivity contribution in [2.24, 2.45) is 5.92 Å². The Balaban J connectivity index is 2.32. The summed E-state index contributed by atoms with van der Waals surface area (Å²) in [6, 6.07) is 3.07. The molecular formula is C27H40F5N3O8S. The number of likely N-dealkylation sites (tertiary alicyclic amines) is 1. The van der Waals surface area contributed by atoms with Gasteiger partial charge in [0, 0.05) is 12.6 Å². The molecule has 17 heteroatoms. The van der Waals surface area contributed by atoms with Crippen LogP contribution in [0.3, 0.4) is 0 Å². The number of rotatable bonds is 12. The maximum atomic E-state index is 14.8. The van der Waals surface area contributed by atoms with Crippen LogP contribution in [0.2, 0.25) is 0 Å². The maximum absolute atomic E-state index is 14.8. The quantitative estimate of drug-likeness (QED) is 0.196. The number of ether oxygens (including phenoxy) is 2. The van der Waals surface area contributed by atoms with Gasteiger partial charge in [-0.1, -0.05) is 26.0 Å². The Bertz CT molecular complexity index is 1240. The van der Waals surface area contributed by atoms with Gasteiger partial charge in [0.1, 0.15) is 30.2 Å². The number of sulfone groups is 1. The summed E-state index contributed by atoms with van der Waals surface area (Å²) in [6.45, 7) is 4.86. The number of aliphatic hydroxyl groups excluding tert-OH is 2. The monoisotopic (exact) mass is 661 g/mol. The molecule has 0 saturated carbocycles. The molecule has 5 atom stereocenters. The van der Waals surface area contributed by atoms with Gasteiger partial charge in [-0.25, -0.2) is 13.2 Å². The molecule has 1 fully saturated rings. The second-order valence-electron chi connectivity index (χ2n) is 12.0. The van der Waals surface area contributed by atoms with E-state index in [4.69, 9.17) is 9.47 Å². The standard InChI is InChI=1S/C27H40F5N3O8S/c1-15(2)20(21(36)27(31,32)23(38)33-14-26(28,29)30)34-22(37)19-11-18(12-35(19)24(39)43-25(3,4)5)44(40,41)13-16-7-9-17(42-6)10-8-16/h7-10,15,18-22,34,36-37H,11-14H2,1-6H3,(H,33,38)/t18-,19+,20+,21-,22?/m1/s1. The molecule has 252 valence electrons. The van der Waals surface area contributed by atoms with Crippen LogP contribution < -0.4 is 15.4 Å². The van der Waals surface area contributed by atoms with Crippen molar-refractivity contribution < 1.29 is 59.6 Å². The largest absolute Gasteiger partial charge is 0.497 e. The Morgan fingerprint density at radius 2 is 1.64 bits per heavy atom. The highest BCUT2D eigenvalue weighted by Gasteiger charge is 2.53. The average Bonchev–Trinajstić information content (AvgIpc) is 3.35. The van der Waals surface area contributed by atoms with Crippen molar-refractivity contribution in [2.75, 3.05) is 20.2 Å². The van der Waals surface area contributed by atoms with Gasteiger partial charge in [0.15, 0.2) is 9.84 Å². The fourth-order valence-electron chi connectivity index (χ4n) is 4.60. The zero-order chi connectivity index (χ0) is 33.8. The summed E-state index contributed by atoms with van der Waals surface area (Å²) in [6.07, 6.45) is -11.2. The molecule has 0 bridgehead atoms. The molecule has 1 unspecified atom stereocenters. The topological polar surface area (TPSA) is 154 Å².